The maximum atomic E-state index is 13.1. The quantitative estimate of drug-likeness (QED) is 0.438. The molecule has 0 radical (unpaired) electrons. The fourth-order valence-electron chi connectivity index (χ4n) is 1.53. The molecule has 0 saturated heterocycles. The average molecular weight is 439 g/mol. The summed E-state index contributed by atoms with van der Waals surface area (Å²) < 4.78 is 50.2. The van der Waals surface area contributed by atoms with Gasteiger partial charge in [0.1, 0.15) is 17.3 Å². The first-order valence-electron chi connectivity index (χ1n) is 6.50. The van der Waals surface area contributed by atoms with Gasteiger partial charge in [-0.1, -0.05) is 11.6 Å². The Morgan fingerprint density at radius 3 is 2.68 bits per heavy atom. The number of hydrogen-bond acceptors (Lipinski definition) is 5. The van der Waals surface area contributed by atoms with E-state index in [-0.39, 0.29) is 16.8 Å². The number of nitrogens with one attached hydrogen (secondary N) is 3. The van der Waals surface area contributed by atoms with Crippen molar-refractivity contribution in [3.8, 4) is 0 Å². The van der Waals surface area contributed by atoms with E-state index >= 15 is 0 Å². The van der Waals surface area contributed by atoms with E-state index in [1.54, 1.807) is 0 Å². The van der Waals surface area contributed by atoms with Gasteiger partial charge in [0, 0.05) is 18.1 Å². The van der Waals surface area contributed by atoms with Crippen molar-refractivity contribution in [2.75, 3.05) is 10.6 Å². The first-order chi connectivity index (χ1) is 11.7. The van der Waals surface area contributed by atoms with Crippen molar-refractivity contribution < 1.29 is 17.6 Å². The minimum absolute atomic E-state index is 0.0888. The standard InChI is InChI=1S/C14H9BrClF4N5/c15-8-6-23-13(24-7-1-2-10(17)9(16)5-7)25-12(8)22-4-3-11(21)14(18,19)20/h1-6,21H,(H2,22,23,24,25)/b4-3-,21-11?. The molecule has 2 rings (SSSR count). The van der Waals surface area contributed by atoms with Crippen LogP contribution in [-0.2, 0) is 0 Å². The molecule has 0 aliphatic carbocycles. The van der Waals surface area contributed by atoms with Crippen LogP contribution in [0.15, 0.2) is 41.1 Å². The Morgan fingerprint density at radius 2 is 2.04 bits per heavy atom. The van der Waals surface area contributed by atoms with Gasteiger partial charge in [-0.2, -0.15) is 18.2 Å². The molecular formula is C14H9BrClF4N5. The average Bonchev–Trinajstić information content (AvgIpc) is 2.53. The van der Waals surface area contributed by atoms with E-state index in [4.69, 9.17) is 17.0 Å². The van der Waals surface area contributed by atoms with Gasteiger partial charge in [0.25, 0.3) is 0 Å². The van der Waals surface area contributed by atoms with Gasteiger partial charge in [0.2, 0.25) is 5.95 Å². The van der Waals surface area contributed by atoms with Gasteiger partial charge in [0.15, 0.2) is 0 Å². The van der Waals surface area contributed by atoms with Gasteiger partial charge in [-0.25, -0.2) is 9.37 Å². The van der Waals surface area contributed by atoms with Gasteiger partial charge in [-0.3, -0.25) is 5.41 Å². The van der Waals surface area contributed by atoms with Gasteiger partial charge in [0.05, 0.1) is 9.50 Å². The Morgan fingerprint density at radius 1 is 1.32 bits per heavy atom. The van der Waals surface area contributed by atoms with E-state index in [2.05, 4.69) is 36.5 Å². The third kappa shape index (κ3) is 5.40. The number of alkyl halides is 3. The van der Waals surface area contributed by atoms with Gasteiger partial charge < -0.3 is 10.6 Å². The fraction of sp³-hybridized carbons (Fsp3) is 0.0714. The highest BCUT2D eigenvalue weighted by molar-refractivity contribution is 9.10. The Hall–Kier alpha value is -2.20. The van der Waals surface area contributed by atoms with Crippen LogP contribution in [0.1, 0.15) is 0 Å². The summed E-state index contributed by atoms with van der Waals surface area (Å²) >= 11 is 8.82. The van der Waals surface area contributed by atoms with Crippen molar-refractivity contribution in [1.82, 2.24) is 9.97 Å². The number of rotatable bonds is 5. The van der Waals surface area contributed by atoms with Crippen LogP contribution in [0, 0.1) is 11.2 Å². The highest BCUT2D eigenvalue weighted by atomic mass is 79.9. The molecule has 1 aromatic carbocycles. The maximum Gasteiger partial charge on any atom is 0.432 e. The van der Waals surface area contributed by atoms with Crippen molar-refractivity contribution in [3.05, 3.63) is 52.0 Å². The number of allylic oxidation sites excluding steroid dienone is 1. The molecule has 11 heteroatoms. The molecule has 1 aromatic heterocycles. The van der Waals surface area contributed by atoms with Crippen LogP contribution >= 0.6 is 27.5 Å². The molecule has 0 atom stereocenters. The van der Waals surface area contributed by atoms with Crippen LogP contribution in [0.3, 0.4) is 0 Å². The molecule has 3 N–H and O–H groups in total. The van der Waals surface area contributed by atoms with Crippen LogP contribution in [-0.4, -0.2) is 21.9 Å². The number of hydrogen-bond donors (Lipinski definition) is 3. The normalized spacial score (nSPS) is 11.6. The largest absolute Gasteiger partial charge is 0.432 e. The predicted molar refractivity (Wildman–Crippen MR) is 91.0 cm³/mol. The second kappa shape index (κ2) is 7.79. The summed E-state index contributed by atoms with van der Waals surface area (Å²) in [5.41, 5.74) is -1.08. The fourth-order valence-corrected chi connectivity index (χ4v) is 2.02. The predicted octanol–water partition coefficient (Wildman–Crippen LogP) is 5.28. The minimum Gasteiger partial charge on any atom is -0.345 e. The molecule has 25 heavy (non-hydrogen) atoms. The lowest BCUT2D eigenvalue weighted by atomic mass is 10.3. The first-order valence-corrected chi connectivity index (χ1v) is 7.67. The van der Waals surface area contributed by atoms with Crippen LogP contribution in [0.2, 0.25) is 5.02 Å². The van der Waals surface area contributed by atoms with E-state index in [1.807, 2.05) is 0 Å². The minimum atomic E-state index is -4.73. The molecule has 0 saturated carbocycles. The molecule has 5 nitrogen and oxygen atoms in total. The Kier molecular flexibility index (Phi) is 5.96. The number of anilines is 3. The molecule has 0 spiro atoms. The molecule has 132 valence electrons. The zero-order valence-corrected chi connectivity index (χ0v) is 14.5. The summed E-state index contributed by atoms with van der Waals surface area (Å²) in [5, 5.41) is 12.0. The van der Waals surface area contributed by atoms with Crippen molar-refractivity contribution >= 4 is 50.7 Å². The second-order valence-electron chi connectivity index (χ2n) is 4.53. The van der Waals surface area contributed by atoms with Gasteiger partial charge in [-0.15, -0.1) is 0 Å². The van der Waals surface area contributed by atoms with Crippen LogP contribution < -0.4 is 10.6 Å². The lowest BCUT2D eigenvalue weighted by Crippen LogP contribution is -2.19. The van der Waals surface area contributed by atoms with Crippen molar-refractivity contribution in [3.63, 3.8) is 0 Å². The Labute approximate surface area is 152 Å². The topological polar surface area (TPSA) is 73.7 Å². The number of aromatic nitrogens is 2. The molecule has 0 amide bonds. The van der Waals surface area contributed by atoms with Crippen LogP contribution in [0.5, 0.6) is 0 Å². The Bertz CT molecular complexity index is 825. The van der Waals surface area contributed by atoms with E-state index in [9.17, 15) is 17.6 Å². The summed E-state index contributed by atoms with van der Waals surface area (Å²) in [6.07, 6.45) is -1.87. The SMILES string of the molecule is N=C(/C=C\Nc1nc(Nc2ccc(F)c(Cl)c2)ncc1Br)C(F)(F)F. The second-order valence-corrected chi connectivity index (χ2v) is 5.79. The summed E-state index contributed by atoms with van der Waals surface area (Å²) in [6.45, 7) is 0. The van der Waals surface area contributed by atoms with Crippen LogP contribution in [0.25, 0.3) is 0 Å². The van der Waals surface area contributed by atoms with Crippen molar-refractivity contribution in [2.45, 2.75) is 6.18 Å². The molecular weight excluding hydrogens is 430 g/mol. The zero-order valence-electron chi connectivity index (χ0n) is 12.1. The van der Waals surface area contributed by atoms with Crippen LogP contribution in [0.4, 0.5) is 35.0 Å². The molecule has 0 aliphatic heterocycles. The number of halogens is 6. The molecule has 0 aliphatic rings. The van der Waals surface area contributed by atoms with Crippen molar-refractivity contribution in [1.29, 1.82) is 5.41 Å². The number of benzene rings is 1. The third-order valence-corrected chi connectivity index (χ3v) is 3.57. The van der Waals surface area contributed by atoms with Crippen molar-refractivity contribution in [2.24, 2.45) is 0 Å². The lowest BCUT2D eigenvalue weighted by Gasteiger charge is -2.09. The van der Waals surface area contributed by atoms with Gasteiger partial charge in [-0.05, 0) is 40.2 Å². The van der Waals surface area contributed by atoms with E-state index < -0.39 is 17.7 Å². The summed E-state index contributed by atoms with van der Waals surface area (Å²) in [7, 11) is 0. The van der Waals surface area contributed by atoms with E-state index in [1.165, 1.54) is 18.3 Å². The summed E-state index contributed by atoms with van der Waals surface area (Å²) in [4.78, 5) is 8.04. The molecule has 1 heterocycles. The third-order valence-electron chi connectivity index (χ3n) is 2.70. The molecule has 0 fully saturated rings. The van der Waals surface area contributed by atoms with Gasteiger partial charge >= 0.3 is 6.18 Å². The summed E-state index contributed by atoms with van der Waals surface area (Å²) in [5.74, 6) is -0.312. The monoisotopic (exact) mass is 437 g/mol. The smallest absolute Gasteiger partial charge is 0.345 e. The highest BCUT2D eigenvalue weighted by Crippen LogP contribution is 2.24. The number of nitrogens with zero attached hydrogens (tertiary/aromatic N) is 2. The molecule has 0 unspecified atom stereocenters. The zero-order chi connectivity index (χ0) is 18.6. The first kappa shape index (κ1) is 19.1. The Balaban J connectivity index is 2.13. The van der Waals surface area contributed by atoms with E-state index in [0.717, 1.165) is 12.3 Å². The highest BCUT2D eigenvalue weighted by Gasteiger charge is 2.32. The molecule has 0 bridgehead atoms. The van der Waals surface area contributed by atoms with E-state index in [0.29, 0.717) is 16.2 Å². The molecule has 2 aromatic rings. The lowest BCUT2D eigenvalue weighted by molar-refractivity contribution is -0.0584. The summed E-state index contributed by atoms with van der Waals surface area (Å²) in [6, 6.07) is 3.92. The maximum absolute atomic E-state index is 13.1.